The highest BCUT2D eigenvalue weighted by molar-refractivity contribution is 5.52. The molecule has 20 heavy (non-hydrogen) atoms. The fourth-order valence-electron chi connectivity index (χ4n) is 2.90. The Bertz CT molecular complexity index is 672. The van der Waals surface area contributed by atoms with Crippen molar-refractivity contribution in [2.24, 2.45) is 0 Å². The maximum Gasteiger partial charge on any atom is 0.165 e. The number of anilines is 1. The molecule has 0 saturated heterocycles. The molecule has 0 aliphatic heterocycles. The first-order valence-corrected chi connectivity index (χ1v) is 6.50. The molecule has 0 saturated carbocycles. The predicted molar refractivity (Wildman–Crippen MR) is 75.1 cm³/mol. The monoisotopic (exact) mass is 273 g/mol. The molecule has 0 spiro atoms. The van der Waals surface area contributed by atoms with Gasteiger partial charge in [-0.3, -0.25) is 0 Å². The average molecular weight is 273 g/mol. The van der Waals surface area contributed by atoms with Crippen LogP contribution in [-0.4, -0.2) is 12.2 Å². The van der Waals surface area contributed by atoms with E-state index in [9.17, 15) is 9.50 Å². The van der Waals surface area contributed by atoms with Crippen molar-refractivity contribution in [2.45, 2.75) is 18.4 Å². The number of nitrogens with two attached hydrogens (primary N) is 1. The van der Waals surface area contributed by atoms with Crippen molar-refractivity contribution in [3.63, 3.8) is 0 Å². The number of aryl methyl sites for hydroxylation is 1. The van der Waals surface area contributed by atoms with Gasteiger partial charge < -0.3 is 15.6 Å². The summed E-state index contributed by atoms with van der Waals surface area (Å²) in [6.45, 7) is 0. The standard InChI is InChI=1S/C16H16FNO2/c1-20-15-5-2-11(9-14(15)17)16(19)7-6-10-8-12(18)3-4-13(10)16/h2-5,8-9,19H,6-7,18H2,1H3. The minimum absolute atomic E-state index is 0.174. The van der Waals surface area contributed by atoms with Crippen molar-refractivity contribution in [2.75, 3.05) is 12.8 Å². The quantitative estimate of drug-likeness (QED) is 0.827. The number of hydrogen-bond acceptors (Lipinski definition) is 3. The molecule has 0 aromatic heterocycles. The molecule has 3 N–H and O–H groups in total. The van der Waals surface area contributed by atoms with Crippen molar-refractivity contribution in [1.82, 2.24) is 0 Å². The molecule has 0 fully saturated rings. The minimum Gasteiger partial charge on any atom is -0.494 e. The predicted octanol–water partition coefficient (Wildman–Crippen LogP) is 2.60. The van der Waals surface area contributed by atoms with Crippen LogP contribution in [0.15, 0.2) is 36.4 Å². The number of rotatable bonds is 2. The van der Waals surface area contributed by atoms with Crippen LogP contribution in [0.2, 0.25) is 0 Å². The number of ether oxygens (including phenoxy) is 1. The summed E-state index contributed by atoms with van der Waals surface area (Å²) in [5.74, 6) is -0.296. The molecule has 1 aliphatic carbocycles. The van der Waals surface area contributed by atoms with Crippen LogP contribution in [0.3, 0.4) is 0 Å². The molecule has 104 valence electrons. The van der Waals surface area contributed by atoms with Crippen LogP contribution in [0.4, 0.5) is 10.1 Å². The molecule has 2 aromatic carbocycles. The van der Waals surface area contributed by atoms with Crippen LogP contribution in [0, 0.1) is 5.82 Å². The molecule has 0 heterocycles. The minimum atomic E-state index is -1.16. The van der Waals surface area contributed by atoms with Crippen LogP contribution in [0.25, 0.3) is 0 Å². The van der Waals surface area contributed by atoms with Gasteiger partial charge in [0.2, 0.25) is 0 Å². The highest BCUT2D eigenvalue weighted by atomic mass is 19.1. The van der Waals surface area contributed by atoms with E-state index in [1.807, 2.05) is 12.1 Å². The summed E-state index contributed by atoms with van der Waals surface area (Å²) >= 11 is 0. The van der Waals surface area contributed by atoms with Gasteiger partial charge in [0.15, 0.2) is 11.6 Å². The molecule has 0 amide bonds. The van der Waals surface area contributed by atoms with Crippen molar-refractivity contribution < 1.29 is 14.2 Å². The van der Waals surface area contributed by atoms with Crippen molar-refractivity contribution in [3.8, 4) is 5.75 Å². The molecule has 2 aromatic rings. The van der Waals surface area contributed by atoms with E-state index in [4.69, 9.17) is 10.5 Å². The van der Waals surface area contributed by atoms with Crippen LogP contribution in [0.5, 0.6) is 5.75 Å². The molecule has 1 aliphatic rings. The van der Waals surface area contributed by atoms with Crippen molar-refractivity contribution in [3.05, 3.63) is 58.9 Å². The largest absolute Gasteiger partial charge is 0.494 e. The Morgan fingerprint density at radius 3 is 2.75 bits per heavy atom. The van der Waals surface area contributed by atoms with Gasteiger partial charge in [-0.05, 0) is 53.8 Å². The van der Waals surface area contributed by atoms with Crippen LogP contribution in [0.1, 0.15) is 23.1 Å². The second kappa shape index (κ2) is 4.49. The van der Waals surface area contributed by atoms with Gasteiger partial charge in [-0.2, -0.15) is 0 Å². The summed E-state index contributed by atoms with van der Waals surface area (Å²) in [6, 6.07) is 10.0. The van der Waals surface area contributed by atoms with Gasteiger partial charge in [0.25, 0.3) is 0 Å². The van der Waals surface area contributed by atoms with Gasteiger partial charge in [-0.25, -0.2) is 4.39 Å². The number of methoxy groups -OCH3 is 1. The Labute approximate surface area is 116 Å². The Hall–Kier alpha value is -2.07. The van der Waals surface area contributed by atoms with Gasteiger partial charge in [0.05, 0.1) is 7.11 Å². The van der Waals surface area contributed by atoms with E-state index < -0.39 is 11.4 Å². The number of benzene rings is 2. The van der Waals surface area contributed by atoms with Crippen molar-refractivity contribution >= 4 is 5.69 Å². The van der Waals surface area contributed by atoms with Gasteiger partial charge >= 0.3 is 0 Å². The van der Waals surface area contributed by atoms with Crippen LogP contribution >= 0.6 is 0 Å². The fourth-order valence-corrected chi connectivity index (χ4v) is 2.90. The Morgan fingerprint density at radius 1 is 1.25 bits per heavy atom. The molecule has 1 unspecified atom stereocenters. The second-order valence-corrected chi connectivity index (χ2v) is 5.13. The van der Waals surface area contributed by atoms with Crippen LogP contribution in [-0.2, 0) is 12.0 Å². The van der Waals surface area contributed by atoms with Gasteiger partial charge in [-0.15, -0.1) is 0 Å². The van der Waals surface area contributed by atoms with Gasteiger partial charge in [0.1, 0.15) is 5.60 Å². The summed E-state index contributed by atoms with van der Waals surface area (Å²) in [5.41, 5.74) is 7.64. The maximum atomic E-state index is 13.9. The third-order valence-corrected chi connectivity index (χ3v) is 3.96. The van der Waals surface area contributed by atoms with E-state index in [2.05, 4.69) is 0 Å². The summed E-state index contributed by atoms with van der Waals surface area (Å²) in [4.78, 5) is 0. The van der Waals surface area contributed by atoms with Gasteiger partial charge in [-0.1, -0.05) is 12.1 Å². The van der Waals surface area contributed by atoms with E-state index >= 15 is 0 Å². The summed E-state index contributed by atoms with van der Waals surface area (Å²) < 4.78 is 18.8. The molecular formula is C16H16FNO2. The Balaban J connectivity index is 2.09. The smallest absolute Gasteiger partial charge is 0.165 e. The first-order chi connectivity index (χ1) is 9.54. The zero-order valence-corrected chi connectivity index (χ0v) is 11.2. The summed E-state index contributed by atoms with van der Waals surface area (Å²) in [5, 5.41) is 10.9. The third kappa shape index (κ3) is 1.84. The summed E-state index contributed by atoms with van der Waals surface area (Å²) in [6.07, 6.45) is 1.25. The average Bonchev–Trinajstić information content (AvgIpc) is 2.77. The lowest BCUT2D eigenvalue weighted by Gasteiger charge is -2.25. The maximum absolute atomic E-state index is 13.9. The zero-order chi connectivity index (χ0) is 14.3. The van der Waals surface area contributed by atoms with E-state index in [1.54, 1.807) is 12.1 Å². The summed E-state index contributed by atoms with van der Waals surface area (Å²) in [7, 11) is 1.42. The first-order valence-electron chi connectivity index (χ1n) is 6.50. The normalized spacial score (nSPS) is 20.8. The number of fused-ring (bicyclic) bond motifs is 1. The molecule has 3 nitrogen and oxygen atoms in total. The number of aliphatic hydroxyl groups is 1. The molecule has 3 rings (SSSR count). The lowest BCUT2D eigenvalue weighted by Crippen LogP contribution is -2.24. The first kappa shape index (κ1) is 12.9. The molecule has 1 atom stereocenters. The van der Waals surface area contributed by atoms with Gasteiger partial charge in [0, 0.05) is 5.69 Å². The third-order valence-electron chi connectivity index (χ3n) is 3.96. The highest BCUT2D eigenvalue weighted by Gasteiger charge is 2.38. The highest BCUT2D eigenvalue weighted by Crippen LogP contribution is 2.43. The van der Waals surface area contributed by atoms with Crippen LogP contribution < -0.4 is 10.5 Å². The Kier molecular flexibility index (Phi) is 2.91. The Morgan fingerprint density at radius 2 is 2.05 bits per heavy atom. The number of hydrogen-bond donors (Lipinski definition) is 2. The fraction of sp³-hybridized carbons (Fsp3) is 0.250. The molecular weight excluding hydrogens is 257 g/mol. The molecule has 0 bridgehead atoms. The molecule has 4 heteroatoms. The zero-order valence-electron chi connectivity index (χ0n) is 11.2. The van der Waals surface area contributed by atoms with E-state index in [0.29, 0.717) is 17.7 Å². The van der Waals surface area contributed by atoms with Crippen molar-refractivity contribution in [1.29, 1.82) is 0 Å². The van der Waals surface area contributed by atoms with E-state index in [-0.39, 0.29) is 5.75 Å². The van der Waals surface area contributed by atoms with E-state index in [1.165, 1.54) is 19.2 Å². The number of nitrogen functional groups attached to an aromatic ring is 1. The second-order valence-electron chi connectivity index (χ2n) is 5.13. The number of halogens is 1. The molecule has 0 radical (unpaired) electrons. The SMILES string of the molecule is COc1ccc(C2(O)CCc3cc(N)ccc32)cc1F. The van der Waals surface area contributed by atoms with E-state index in [0.717, 1.165) is 17.5 Å². The topological polar surface area (TPSA) is 55.5 Å². The lowest BCUT2D eigenvalue weighted by molar-refractivity contribution is 0.0825. The lowest BCUT2D eigenvalue weighted by atomic mass is 9.87.